The van der Waals surface area contributed by atoms with Crippen LogP contribution in [-0.2, 0) is 33.4 Å². The molecule has 0 N–H and O–H groups in total. The molecule has 4 fully saturated rings. The second-order valence-electron chi connectivity index (χ2n) is 15.2. The van der Waals surface area contributed by atoms with Gasteiger partial charge in [0.2, 0.25) is 0 Å². The van der Waals surface area contributed by atoms with Gasteiger partial charge in [0.05, 0.1) is 6.10 Å². The number of hydrogen-bond donors (Lipinski definition) is 0. The molecule has 0 aromatic rings. The predicted octanol–water partition coefficient (Wildman–Crippen LogP) is 6.26. The summed E-state index contributed by atoms with van der Waals surface area (Å²) in [6, 6.07) is 0. The first-order valence-electron chi connectivity index (χ1n) is 16.4. The average Bonchev–Trinajstić information content (AvgIpc) is 3.20. The number of Topliss-reactive ketones (excluding diaryl/α,β-unsaturated/α-hetero) is 2. The number of esters is 2. The third-order valence-corrected chi connectivity index (χ3v) is 12.8. The summed E-state index contributed by atoms with van der Waals surface area (Å²) in [6.45, 7) is 15.7. The fraction of sp³-hybridized carbons (Fsp3) is 0.829. The normalized spacial score (nSPS) is 45.4. The van der Waals surface area contributed by atoms with E-state index in [-0.39, 0.29) is 58.4 Å². The molecule has 7 heteroatoms. The summed E-state index contributed by atoms with van der Waals surface area (Å²) < 4.78 is 17.7. The monoisotopic (exact) mass is 584 g/mol. The third-order valence-electron chi connectivity index (χ3n) is 12.8. The number of allylic oxidation sites excluding steroid dienone is 1. The molecule has 2 unspecified atom stereocenters. The zero-order valence-corrected chi connectivity index (χ0v) is 27.0. The fourth-order valence-electron chi connectivity index (χ4n) is 10.9. The minimum atomic E-state index is -1.17. The zero-order chi connectivity index (χ0) is 30.8. The standard InChI is InChI=1S/C35H52O7/c1-19-17-35(21(3)36,22(4)40-18-19)32(39)20(2)31-30(42-24(6)38)16-29-27-10-9-25-15-26(41-23(5)37)11-13-33(25,7)28(27)12-14-34(29,31)8/h9,19-20,22,26-31H,10-18H2,1-8H3/t19-,20+,22?,26+,27-,28+,29+,30+,31+,33+,34+,35?/m1/s1. The maximum absolute atomic E-state index is 14.6. The number of hydrogen-bond acceptors (Lipinski definition) is 7. The van der Waals surface area contributed by atoms with Crippen LogP contribution in [0.25, 0.3) is 0 Å². The van der Waals surface area contributed by atoms with Crippen LogP contribution in [0.5, 0.6) is 0 Å². The van der Waals surface area contributed by atoms with Crippen LogP contribution in [0, 0.1) is 51.8 Å². The van der Waals surface area contributed by atoms with E-state index in [2.05, 4.69) is 19.9 Å². The summed E-state index contributed by atoms with van der Waals surface area (Å²) in [5, 5.41) is 0. The molecule has 1 heterocycles. The molecule has 3 saturated carbocycles. The molecule has 5 rings (SSSR count). The van der Waals surface area contributed by atoms with E-state index in [1.54, 1.807) is 6.92 Å². The van der Waals surface area contributed by atoms with Crippen LogP contribution in [0.1, 0.15) is 107 Å². The number of rotatable bonds is 6. The van der Waals surface area contributed by atoms with Crippen LogP contribution >= 0.6 is 0 Å². The number of ether oxygens (including phenoxy) is 3. The van der Waals surface area contributed by atoms with Crippen molar-refractivity contribution in [2.45, 2.75) is 125 Å². The second kappa shape index (κ2) is 11.2. The summed E-state index contributed by atoms with van der Waals surface area (Å²) in [4.78, 5) is 51.9. The van der Waals surface area contributed by atoms with Gasteiger partial charge in [-0.25, -0.2) is 0 Å². The third kappa shape index (κ3) is 4.90. The van der Waals surface area contributed by atoms with Gasteiger partial charge in [-0.15, -0.1) is 0 Å². The smallest absolute Gasteiger partial charge is 0.302 e. The van der Waals surface area contributed by atoms with Gasteiger partial charge in [0, 0.05) is 38.7 Å². The van der Waals surface area contributed by atoms with Crippen LogP contribution in [0.15, 0.2) is 11.6 Å². The van der Waals surface area contributed by atoms with E-state index in [4.69, 9.17) is 14.2 Å². The number of fused-ring (bicyclic) bond motifs is 5. The molecular formula is C35H52O7. The topological polar surface area (TPSA) is 96.0 Å². The Morgan fingerprint density at radius 3 is 2.31 bits per heavy atom. The van der Waals surface area contributed by atoms with Gasteiger partial charge in [-0.3, -0.25) is 19.2 Å². The molecule has 0 bridgehead atoms. The summed E-state index contributed by atoms with van der Waals surface area (Å²) >= 11 is 0. The average molecular weight is 585 g/mol. The van der Waals surface area contributed by atoms with E-state index in [0.29, 0.717) is 30.8 Å². The van der Waals surface area contributed by atoms with Crippen molar-refractivity contribution >= 4 is 23.5 Å². The van der Waals surface area contributed by atoms with Crippen LogP contribution in [-0.4, -0.2) is 48.4 Å². The molecule has 1 saturated heterocycles. The highest BCUT2D eigenvalue weighted by atomic mass is 16.5. The molecule has 0 radical (unpaired) electrons. The van der Waals surface area contributed by atoms with Gasteiger partial charge in [-0.1, -0.05) is 39.3 Å². The lowest BCUT2D eigenvalue weighted by atomic mass is 9.46. The summed E-state index contributed by atoms with van der Waals surface area (Å²) in [5.74, 6) is 0.105. The van der Waals surface area contributed by atoms with Crippen molar-refractivity contribution in [1.82, 2.24) is 0 Å². The first-order valence-corrected chi connectivity index (χ1v) is 16.4. The lowest BCUT2D eigenvalue weighted by molar-refractivity contribution is -0.170. The molecule has 0 aromatic carbocycles. The van der Waals surface area contributed by atoms with E-state index < -0.39 is 17.4 Å². The minimum absolute atomic E-state index is 0.0363. The molecule has 4 aliphatic carbocycles. The SMILES string of the molecule is CC(=O)O[C@H]1CC[C@@]2(C)C(=CC[C@H]3[C@@H]4C[C@H](OC(C)=O)[C@H]([C@H](C)C(=O)C5(C(C)=O)C[C@@H](C)COC5C)[C@@]4(C)CC[C@@H]32)C1. The Balaban J connectivity index is 1.47. The Morgan fingerprint density at radius 2 is 1.67 bits per heavy atom. The number of carbonyl (C=O) groups excluding carboxylic acids is 4. The highest BCUT2D eigenvalue weighted by Gasteiger charge is 2.65. The molecule has 0 aromatic heterocycles. The molecule has 0 amide bonds. The van der Waals surface area contributed by atoms with Crippen LogP contribution in [0.4, 0.5) is 0 Å². The van der Waals surface area contributed by atoms with Gasteiger partial charge in [-0.05, 0) is 93.3 Å². The molecule has 42 heavy (non-hydrogen) atoms. The Hall–Kier alpha value is -2.02. The van der Waals surface area contributed by atoms with Crippen LogP contribution in [0.2, 0.25) is 0 Å². The van der Waals surface area contributed by atoms with E-state index in [9.17, 15) is 19.2 Å². The first kappa shape index (κ1) is 31.4. The van der Waals surface area contributed by atoms with Crippen molar-refractivity contribution < 1.29 is 33.4 Å². The Kier molecular flexibility index (Phi) is 8.35. The van der Waals surface area contributed by atoms with Gasteiger partial charge < -0.3 is 14.2 Å². The van der Waals surface area contributed by atoms with Crippen LogP contribution < -0.4 is 0 Å². The summed E-state index contributed by atoms with van der Waals surface area (Å²) in [6.07, 6.45) is 8.50. The predicted molar refractivity (Wildman–Crippen MR) is 158 cm³/mol. The lowest BCUT2D eigenvalue weighted by Crippen LogP contribution is -2.57. The maximum atomic E-state index is 14.6. The Morgan fingerprint density at radius 1 is 0.976 bits per heavy atom. The molecule has 5 aliphatic rings. The number of carbonyl (C=O) groups is 4. The Bertz CT molecular complexity index is 1160. The fourth-order valence-corrected chi connectivity index (χ4v) is 10.9. The van der Waals surface area contributed by atoms with Gasteiger partial charge in [-0.2, -0.15) is 0 Å². The van der Waals surface area contributed by atoms with Gasteiger partial charge in [0.25, 0.3) is 0 Å². The molecule has 234 valence electrons. The van der Waals surface area contributed by atoms with Crippen molar-refractivity contribution in [2.75, 3.05) is 6.61 Å². The van der Waals surface area contributed by atoms with Gasteiger partial charge in [0.15, 0.2) is 5.78 Å². The molecule has 1 aliphatic heterocycles. The zero-order valence-electron chi connectivity index (χ0n) is 27.0. The maximum Gasteiger partial charge on any atom is 0.302 e. The number of ketones is 2. The largest absolute Gasteiger partial charge is 0.462 e. The van der Waals surface area contributed by atoms with Gasteiger partial charge >= 0.3 is 11.9 Å². The van der Waals surface area contributed by atoms with Crippen molar-refractivity contribution in [3.8, 4) is 0 Å². The highest BCUT2D eigenvalue weighted by molar-refractivity contribution is 6.07. The Labute approximate surface area is 251 Å². The quantitative estimate of drug-likeness (QED) is 0.206. The second-order valence-corrected chi connectivity index (χ2v) is 15.2. The van der Waals surface area contributed by atoms with Crippen molar-refractivity contribution in [1.29, 1.82) is 0 Å². The molecular weight excluding hydrogens is 532 g/mol. The summed E-state index contributed by atoms with van der Waals surface area (Å²) in [7, 11) is 0. The molecule has 0 spiro atoms. The van der Waals surface area contributed by atoms with Crippen LogP contribution in [0.3, 0.4) is 0 Å². The van der Waals surface area contributed by atoms with E-state index >= 15 is 0 Å². The highest BCUT2D eigenvalue weighted by Crippen LogP contribution is 2.68. The van der Waals surface area contributed by atoms with E-state index in [0.717, 1.165) is 44.9 Å². The van der Waals surface area contributed by atoms with Crippen molar-refractivity contribution in [3.05, 3.63) is 11.6 Å². The van der Waals surface area contributed by atoms with Gasteiger partial charge in [0.1, 0.15) is 23.4 Å². The van der Waals surface area contributed by atoms with Crippen molar-refractivity contribution in [2.24, 2.45) is 51.8 Å². The summed E-state index contributed by atoms with van der Waals surface area (Å²) in [5.41, 5.74) is 0.152. The molecule has 7 nitrogen and oxygen atoms in total. The minimum Gasteiger partial charge on any atom is -0.462 e. The molecule has 12 atom stereocenters. The van der Waals surface area contributed by atoms with Crippen molar-refractivity contribution in [3.63, 3.8) is 0 Å². The lowest BCUT2D eigenvalue weighted by Gasteiger charge is -2.58. The van der Waals surface area contributed by atoms with E-state index in [1.165, 1.54) is 19.4 Å². The first-order chi connectivity index (χ1) is 19.6. The van der Waals surface area contributed by atoms with E-state index in [1.807, 2.05) is 20.8 Å².